The monoisotopic (exact) mass is 402 g/mol. The Hall–Kier alpha value is -3.52. The van der Waals surface area contributed by atoms with Crippen LogP contribution in [0.2, 0.25) is 0 Å². The first kappa shape index (κ1) is 18.5. The van der Waals surface area contributed by atoms with E-state index in [1.54, 1.807) is 16.8 Å². The molecule has 0 atom stereocenters. The first-order chi connectivity index (χ1) is 14.7. The SMILES string of the molecule is Cc1ccc2oc(=O)n(Cc3cccc(-c4nccc(N5CCNCC5)n4)c3)c2n1. The summed E-state index contributed by atoms with van der Waals surface area (Å²) in [6, 6.07) is 13.5. The Morgan fingerprint density at radius 3 is 2.83 bits per heavy atom. The Morgan fingerprint density at radius 2 is 1.97 bits per heavy atom. The van der Waals surface area contributed by atoms with E-state index in [1.165, 1.54) is 0 Å². The number of aryl methyl sites for hydroxylation is 1. The van der Waals surface area contributed by atoms with Crippen LogP contribution in [0.15, 0.2) is 57.9 Å². The van der Waals surface area contributed by atoms with Gasteiger partial charge in [0.2, 0.25) is 0 Å². The molecule has 1 N–H and O–H groups in total. The van der Waals surface area contributed by atoms with Crippen LogP contribution in [0.4, 0.5) is 5.82 Å². The van der Waals surface area contributed by atoms with Gasteiger partial charge in [0, 0.05) is 43.6 Å². The molecule has 0 radical (unpaired) electrons. The van der Waals surface area contributed by atoms with E-state index in [4.69, 9.17) is 9.40 Å². The van der Waals surface area contributed by atoms with Crippen molar-refractivity contribution < 1.29 is 4.42 Å². The summed E-state index contributed by atoms with van der Waals surface area (Å²) in [7, 11) is 0. The van der Waals surface area contributed by atoms with Gasteiger partial charge in [-0.25, -0.2) is 19.7 Å². The van der Waals surface area contributed by atoms with Crippen LogP contribution in [0.1, 0.15) is 11.3 Å². The number of hydrogen-bond donors (Lipinski definition) is 1. The number of rotatable bonds is 4. The molecule has 30 heavy (non-hydrogen) atoms. The number of nitrogens with zero attached hydrogens (tertiary/aromatic N) is 5. The maximum atomic E-state index is 12.3. The highest BCUT2D eigenvalue weighted by atomic mass is 16.4. The van der Waals surface area contributed by atoms with Gasteiger partial charge in [-0.2, -0.15) is 0 Å². The molecule has 1 saturated heterocycles. The van der Waals surface area contributed by atoms with Crippen molar-refractivity contribution >= 4 is 17.0 Å². The largest absolute Gasteiger partial charge is 0.421 e. The molecule has 152 valence electrons. The van der Waals surface area contributed by atoms with Crippen molar-refractivity contribution in [1.29, 1.82) is 0 Å². The van der Waals surface area contributed by atoms with Crippen LogP contribution in [0.25, 0.3) is 22.6 Å². The van der Waals surface area contributed by atoms with Crippen molar-refractivity contribution in [3.05, 3.63) is 70.5 Å². The molecule has 0 amide bonds. The minimum Gasteiger partial charge on any atom is -0.406 e. The number of anilines is 1. The molecule has 1 fully saturated rings. The van der Waals surface area contributed by atoms with Crippen molar-refractivity contribution in [3.8, 4) is 11.4 Å². The number of fused-ring (bicyclic) bond motifs is 1. The highest BCUT2D eigenvalue weighted by molar-refractivity contribution is 5.68. The normalized spacial score (nSPS) is 14.4. The fraction of sp³-hybridized carbons (Fsp3) is 0.273. The van der Waals surface area contributed by atoms with Gasteiger partial charge in [-0.05, 0) is 36.8 Å². The van der Waals surface area contributed by atoms with Crippen molar-refractivity contribution in [3.63, 3.8) is 0 Å². The second-order valence-electron chi connectivity index (χ2n) is 7.40. The number of nitrogens with one attached hydrogen (secondary N) is 1. The molecule has 3 aromatic heterocycles. The van der Waals surface area contributed by atoms with E-state index in [0.29, 0.717) is 23.6 Å². The smallest absolute Gasteiger partial charge is 0.406 e. The maximum Gasteiger partial charge on any atom is 0.421 e. The van der Waals surface area contributed by atoms with E-state index >= 15 is 0 Å². The topological polar surface area (TPSA) is 89.1 Å². The van der Waals surface area contributed by atoms with Crippen molar-refractivity contribution in [2.24, 2.45) is 0 Å². The Labute approximate surface area is 173 Å². The lowest BCUT2D eigenvalue weighted by atomic mass is 10.1. The third-order valence-corrected chi connectivity index (χ3v) is 5.26. The molecule has 1 aliphatic rings. The van der Waals surface area contributed by atoms with Gasteiger partial charge >= 0.3 is 5.76 Å². The van der Waals surface area contributed by atoms with Crippen LogP contribution >= 0.6 is 0 Å². The van der Waals surface area contributed by atoms with Crippen LogP contribution in [0.3, 0.4) is 0 Å². The summed E-state index contributed by atoms with van der Waals surface area (Å²) in [5, 5.41) is 3.35. The lowest BCUT2D eigenvalue weighted by Crippen LogP contribution is -2.43. The minimum absolute atomic E-state index is 0.369. The molecule has 0 saturated carbocycles. The first-order valence-electron chi connectivity index (χ1n) is 10.0. The van der Waals surface area contributed by atoms with E-state index in [1.807, 2.05) is 43.3 Å². The zero-order valence-corrected chi connectivity index (χ0v) is 16.7. The Kier molecular flexibility index (Phi) is 4.76. The number of oxazole rings is 1. The molecular weight excluding hydrogens is 380 g/mol. The summed E-state index contributed by atoms with van der Waals surface area (Å²) in [5.74, 6) is 1.19. The molecular formula is C22H22N6O2. The summed E-state index contributed by atoms with van der Waals surface area (Å²) in [6.45, 7) is 6.03. The minimum atomic E-state index is -0.412. The zero-order valence-electron chi connectivity index (χ0n) is 16.7. The van der Waals surface area contributed by atoms with Gasteiger partial charge in [0.05, 0.1) is 6.54 Å². The van der Waals surface area contributed by atoms with Gasteiger partial charge in [0.1, 0.15) is 5.82 Å². The number of piperazine rings is 1. The fourth-order valence-electron chi connectivity index (χ4n) is 3.73. The summed E-state index contributed by atoms with van der Waals surface area (Å²) >= 11 is 0. The third kappa shape index (κ3) is 3.57. The van der Waals surface area contributed by atoms with E-state index in [-0.39, 0.29) is 0 Å². The van der Waals surface area contributed by atoms with E-state index in [2.05, 4.69) is 20.2 Å². The Bertz CT molecular complexity index is 1260. The summed E-state index contributed by atoms with van der Waals surface area (Å²) < 4.78 is 6.89. The fourth-order valence-corrected chi connectivity index (χ4v) is 3.73. The standard InChI is InChI=1S/C22H22N6O2/c1-15-5-6-18-21(25-15)28(22(29)30-18)14-16-3-2-4-17(13-16)20-24-8-7-19(26-20)27-11-9-23-10-12-27/h2-8,13,23H,9-12,14H2,1H3. The van der Waals surface area contributed by atoms with Crippen LogP contribution in [-0.2, 0) is 6.54 Å². The molecule has 1 aliphatic heterocycles. The predicted molar refractivity (Wildman–Crippen MR) is 115 cm³/mol. The second kappa shape index (κ2) is 7.72. The van der Waals surface area contributed by atoms with Crippen molar-refractivity contribution in [1.82, 2.24) is 24.8 Å². The first-order valence-corrected chi connectivity index (χ1v) is 10.0. The van der Waals surface area contributed by atoms with Crippen molar-refractivity contribution in [2.75, 3.05) is 31.1 Å². The number of pyridine rings is 1. The molecule has 4 heterocycles. The molecule has 1 aromatic carbocycles. The van der Waals surface area contributed by atoms with E-state index in [9.17, 15) is 4.79 Å². The van der Waals surface area contributed by atoms with Crippen LogP contribution in [-0.4, -0.2) is 45.7 Å². The van der Waals surface area contributed by atoms with E-state index < -0.39 is 5.76 Å². The van der Waals surface area contributed by atoms with Crippen molar-refractivity contribution in [2.45, 2.75) is 13.5 Å². The molecule has 0 spiro atoms. The molecule has 0 bridgehead atoms. The van der Waals surface area contributed by atoms with Gasteiger partial charge in [0.15, 0.2) is 17.1 Å². The third-order valence-electron chi connectivity index (χ3n) is 5.26. The average molecular weight is 402 g/mol. The summed E-state index contributed by atoms with van der Waals surface area (Å²) in [4.78, 5) is 28.3. The summed E-state index contributed by atoms with van der Waals surface area (Å²) in [5.41, 5.74) is 3.76. The molecule has 4 aromatic rings. The van der Waals surface area contributed by atoms with Gasteiger partial charge < -0.3 is 14.6 Å². The van der Waals surface area contributed by atoms with Crippen LogP contribution in [0, 0.1) is 6.92 Å². The Morgan fingerprint density at radius 1 is 1.10 bits per heavy atom. The second-order valence-corrected chi connectivity index (χ2v) is 7.40. The molecule has 8 heteroatoms. The maximum absolute atomic E-state index is 12.3. The zero-order chi connectivity index (χ0) is 20.5. The van der Waals surface area contributed by atoms with Gasteiger partial charge in [0.25, 0.3) is 0 Å². The number of benzene rings is 1. The average Bonchev–Trinajstić information content (AvgIpc) is 3.09. The van der Waals surface area contributed by atoms with Gasteiger partial charge in [-0.15, -0.1) is 0 Å². The van der Waals surface area contributed by atoms with Crippen LogP contribution < -0.4 is 16.0 Å². The Balaban J connectivity index is 1.46. The highest BCUT2D eigenvalue weighted by Gasteiger charge is 2.14. The highest BCUT2D eigenvalue weighted by Crippen LogP contribution is 2.21. The van der Waals surface area contributed by atoms with Crippen LogP contribution in [0.5, 0.6) is 0 Å². The molecule has 0 unspecified atom stereocenters. The lowest BCUT2D eigenvalue weighted by Gasteiger charge is -2.28. The molecule has 8 nitrogen and oxygen atoms in total. The lowest BCUT2D eigenvalue weighted by molar-refractivity contribution is 0.517. The number of aromatic nitrogens is 4. The quantitative estimate of drug-likeness (QED) is 0.560. The van der Waals surface area contributed by atoms with E-state index in [0.717, 1.165) is 48.8 Å². The molecule has 5 rings (SSSR count). The summed E-state index contributed by atoms with van der Waals surface area (Å²) in [6.07, 6.45) is 1.80. The predicted octanol–water partition coefficient (Wildman–Crippen LogP) is 2.21. The van der Waals surface area contributed by atoms with Gasteiger partial charge in [-0.3, -0.25) is 4.57 Å². The number of hydrogen-bond acceptors (Lipinski definition) is 7. The van der Waals surface area contributed by atoms with Gasteiger partial charge in [-0.1, -0.05) is 18.2 Å². The molecule has 0 aliphatic carbocycles.